The van der Waals surface area contributed by atoms with E-state index in [4.69, 9.17) is 17.3 Å². The minimum atomic E-state index is -4.47. The monoisotopic (exact) mass is 327 g/mol. The van der Waals surface area contributed by atoms with E-state index in [1.807, 2.05) is 10.8 Å². The lowest BCUT2D eigenvalue weighted by atomic mass is 10.00. The van der Waals surface area contributed by atoms with E-state index < -0.39 is 17.8 Å². The first-order valence-electron chi connectivity index (χ1n) is 5.04. The molecule has 0 radical (unpaired) electrons. The molecule has 0 spiro atoms. The summed E-state index contributed by atoms with van der Waals surface area (Å²) in [5, 5.41) is 3.33. The van der Waals surface area contributed by atoms with Crippen LogP contribution < -0.4 is 5.73 Å². The summed E-state index contributed by atoms with van der Waals surface area (Å²) in [6.45, 7) is 0. The van der Waals surface area contributed by atoms with Crippen LogP contribution in [0, 0.1) is 0 Å². The van der Waals surface area contributed by atoms with Crippen LogP contribution in [0.1, 0.15) is 22.7 Å². The Balaban J connectivity index is 0.00000180. The molecule has 0 amide bonds. The summed E-state index contributed by atoms with van der Waals surface area (Å²) in [6.07, 6.45) is -4.47. The molecule has 0 unspecified atom stereocenters. The highest BCUT2D eigenvalue weighted by molar-refractivity contribution is 7.08. The smallest absolute Gasteiger partial charge is 0.320 e. The van der Waals surface area contributed by atoms with Gasteiger partial charge in [0.05, 0.1) is 16.6 Å². The molecule has 1 atom stereocenters. The normalized spacial score (nSPS) is 12.9. The number of alkyl halides is 3. The van der Waals surface area contributed by atoms with Crippen LogP contribution in [0.3, 0.4) is 0 Å². The second kappa shape index (κ2) is 6.13. The Morgan fingerprint density at radius 2 is 1.84 bits per heavy atom. The van der Waals surface area contributed by atoms with E-state index in [0.29, 0.717) is 5.56 Å². The standard InChI is InChI=1S/C12H9ClF3NS.ClH/c13-10-2-1-7(5-9(10)12(14,15)16)11(17)8-3-4-18-6-8;/h1-6,11H,17H2;1H/t11-;/m0./s1. The molecule has 0 bridgehead atoms. The van der Waals surface area contributed by atoms with Crippen molar-refractivity contribution < 1.29 is 13.2 Å². The molecule has 1 heterocycles. The molecule has 104 valence electrons. The number of thiophene rings is 1. The second-order valence-corrected chi connectivity index (χ2v) is 4.96. The van der Waals surface area contributed by atoms with Crippen molar-refractivity contribution in [1.82, 2.24) is 0 Å². The van der Waals surface area contributed by atoms with Gasteiger partial charge in [0, 0.05) is 0 Å². The third-order valence-electron chi connectivity index (χ3n) is 2.56. The SMILES string of the molecule is Cl.N[C@H](c1ccsc1)c1ccc(Cl)c(C(F)(F)F)c1. The molecule has 1 aromatic heterocycles. The molecule has 0 fully saturated rings. The summed E-state index contributed by atoms with van der Waals surface area (Å²) < 4.78 is 38.1. The number of hydrogen-bond acceptors (Lipinski definition) is 2. The quantitative estimate of drug-likeness (QED) is 0.834. The van der Waals surface area contributed by atoms with E-state index >= 15 is 0 Å². The van der Waals surface area contributed by atoms with E-state index in [2.05, 4.69) is 0 Å². The van der Waals surface area contributed by atoms with Gasteiger partial charge in [-0.2, -0.15) is 24.5 Å². The maximum absolute atomic E-state index is 12.7. The maximum Gasteiger partial charge on any atom is 0.417 e. The highest BCUT2D eigenvalue weighted by atomic mass is 35.5. The zero-order valence-corrected chi connectivity index (χ0v) is 11.8. The van der Waals surface area contributed by atoms with Crippen molar-refractivity contribution in [2.75, 3.05) is 0 Å². The number of hydrogen-bond donors (Lipinski definition) is 1. The molecular formula is C12H10Cl2F3NS. The van der Waals surface area contributed by atoms with E-state index in [1.54, 1.807) is 6.07 Å². The van der Waals surface area contributed by atoms with Gasteiger partial charge in [0.25, 0.3) is 0 Å². The van der Waals surface area contributed by atoms with Crippen LogP contribution in [0.2, 0.25) is 5.02 Å². The van der Waals surface area contributed by atoms with Crippen molar-refractivity contribution in [3.8, 4) is 0 Å². The highest BCUT2D eigenvalue weighted by Gasteiger charge is 2.33. The lowest BCUT2D eigenvalue weighted by Crippen LogP contribution is -2.13. The molecule has 0 aliphatic rings. The topological polar surface area (TPSA) is 26.0 Å². The van der Waals surface area contributed by atoms with Crippen molar-refractivity contribution in [3.63, 3.8) is 0 Å². The van der Waals surface area contributed by atoms with Gasteiger partial charge in [0.2, 0.25) is 0 Å². The zero-order valence-electron chi connectivity index (χ0n) is 9.45. The molecule has 1 aromatic carbocycles. The molecule has 2 rings (SSSR count). The molecule has 7 heteroatoms. The summed E-state index contributed by atoms with van der Waals surface area (Å²) in [5.74, 6) is 0. The molecule has 2 N–H and O–H groups in total. The molecule has 19 heavy (non-hydrogen) atoms. The average molecular weight is 328 g/mol. The molecule has 1 nitrogen and oxygen atoms in total. The lowest BCUT2D eigenvalue weighted by Gasteiger charge is -2.15. The van der Waals surface area contributed by atoms with Crippen LogP contribution >= 0.6 is 35.3 Å². The first-order valence-corrected chi connectivity index (χ1v) is 6.36. The van der Waals surface area contributed by atoms with Gasteiger partial charge in [-0.15, -0.1) is 12.4 Å². The van der Waals surface area contributed by atoms with E-state index in [-0.39, 0.29) is 17.4 Å². The molecule has 0 saturated heterocycles. The predicted octanol–water partition coefficient (Wildman–Crippen LogP) is 4.89. The van der Waals surface area contributed by atoms with Crippen molar-refractivity contribution in [3.05, 3.63) is 56.7 Å². The Labute approximate surface area is 123 Å². The van der Waals surface area contributed by atoms with Crippen molar-refractivity contribution in [2.24, 2.45) is 5.73 Å². The van der Waals surface area contributed by atoms with Crippen LogP contribution in [-0.4, -0.2) is 0 Å². The summed E-state index contributed by atoms with van der Waals surface area (Å²) in [4.78, 5) is 0. The van der Waals surface area contributed by atoms with Crippen LogP contribution in [0.4, 0.5) is 13.2 Å². The van der Waals surface area contributed by atoms with Crippen LogP contribution in [0.15, 0.2) is 35.0 Å². The van der Waals surface area contributed by atoms with Crippen LogP contribution in [0.25, 0.3) is 0 Å². The second-order valence-electron chi connectivity index (χ2n) is 3.77. The van der Waals surface area contributed by atoms with Gasteiger partial charge >= 0.3 is 6.18 Å². The fourth-order valence-electron chi connectivity index (χ4n) is 1.60. The molecular weight excluding hydrogens is 318 g/mol. The largest absolute Gasteiger partial charge is 0.417 e. The van der Waals surface area contributed by atoms with Crippen molar-refractivity contribution in [2.45, 2.75) is 12.2 Å². The minimum Gasteiger partial charge on any atom is -0.320 e. The molecule has 0 aliphatic carbocycles. The summed E-state index contributed by atoms with van der Waals surface area (Å²) >= 11 is 7.00. The Bertz CT molecular complexity index is 540. The van der Waals surface area contributed by atoms with Gasteiger partial charge in [-0.3, -0.25) is 0 Å². The fraction of sp³-hybridized carbons (Fsp3) is 0.167. The van der Waals surface area contributed by atoms with Gasteiger partial charge in [0.15, 0.2) is 0 Å². The molecule has 2 aromatic rings. The van der Waals surface area contributed by atoms with Gasteiger partial charge in [-0.1, -0.05) is 17.7 Å². The molecule has 0 aliphatic heterocycles. The van der Waals surface area contributed by atoms with E-state index in [0.717, 1.165) is 11.6 Å². The molecule has 0 saturated carbocycles. The van der Waals surface area contributed by atoms with Gasteiger partial charge < -0.3 is 5.73 Å². The number of benzene rings is 1. The van der Waals surface area contributed by atoms with Gasteiger partial charge in [-0.05, 0) is 40.1 Å². The minimum absolute atomic E-state index is 0. The summed E-state index contributed by atoms with van der Waals surface area (Å²) in [5.41, 5.74) is 6.25. The number of rotatable bonds is 2. The van der Waals surface area contributed by atoms with Crippen molar-refractivity contribution >= 4 is 35.3 Å². The highest BCUT2D eigenvalue weighted by Crippen LogP contribution is 2.36. The summed E-state index contributed by atoms with van der Waals surface area (Å²) in [6, 6.07) is 4.96. The Hall–Kier alpha value is -0.750. The van der Waals surface area contributed by atoms with E-state index in [9.17, 15) is 13.2 Å². The third-order valence-corrected chi connectivity index (χ3v) is 3.59. The Morgan fingerprint density at radius 1 is 1.16 bits per heavy atom. The number of halogens is 5. The van der Waals surface area contributed by atoms with Crippen LogP contribution in [-0.2, 0) is 6.18 Å². The van der Waals surface area contributed by atoms with E-state index in [1.165, 1.54) is 23.5 Å². The fourth-order valence-corrected chi connectivity index (χ4v) is 2.52. The summed E-state index contributed by atoms with van der Waals surface area (Å²) in [7, 11) is 0. The maximum atomic E-state index is 12.7. The Kier molecular flexibility index (Phi) is 5.26. The first-order chi connectivity index (χ1) is 8.39. The third kappa shape index (κ3) is 3.63. The van der Waals surface area contributed by atoms with Crippen molar-refractivity contribution in [1.29, 1.82) is 0 Å². The zero-order chi connectivity index (χ0) is 13.3. The van der Waals surface area contributed by atoms with Gasteiger partial charge in [0.1, 0.15) is 0 Å². The number of nitrogens with two attached hydrogens (primary N) is 1. The average Bonchev–Trinajstić information content (AvgIpc) is 2.80. The lowest BCUT2D eigenvalue weighted by molar-refractivity contribution is -0.137. The van der Waals surface area contributed by atoms with Crippen LogP contribution in [0.5, 0.6) is 0 Å². The Morgan fingerprint density at radius 3 is 2.37 bits per heavy atom. The van der Waals surface area contributed by atoms with Gasteiger partial charge in [-0.25, -0.2) is 0 Å². The first kappa shape index (κ1) is 16.3. The predicted molar refractivity (Wildman–Crippen MR) is 74.1 cm³/mol.